The monoisotopic (exact) mass is 242 g/mol. The van der Waals surface area contributed by atoms with Gasteiger partial charge in [-0.3, -0.25) is 0 Å². The molecule has 1 rings (SSSR count). The highest BCUT2D eigenvalue weighted by Crippen LogP contribution is 2.26. The third-order valence-corrected chi connectivity index (χ3v) is 1.65. The van der Waals surface area contributed by atoms with Crippen LogP contribution in [0, 0.1) is 0 Å². The van der Waals surface area contributed by atoms with Crippen LogP contribution in [0.15, 0.2) is 30.3 Å². The Morgan fingerprint density at radius 1 is 0.875 bits per heavy atom. The van der Waals surface area contributed by atoms with Crippen LogP contribution in [0.3, 0.4) is 0 Å². The third-order valence-electron chi connectivity index (χ3n) is 1.65. The van der Waals surface area contributed by atoms with Crippen molar-refractivity contribution in [3.8, 4) is 0 Å². The highest BCUT2D eigenvalue weighted by molar-refractivity contribution is 6.69. The largest absolute Gasteiger partial charge is 0.509 e. The molecule has 1 aromatic carbocycles. The van der Waals surface area contributed by atoms with E-state index in [9.17, 15) is 26.3 Å². The van der Waals surface area contributed by atoms with E-state index in [1.807, 2.05) is 0 Å². The molecule has 0 amide bonds. The molecule has 0 radical (unpaired) electrons. The Morgan fingerprint density at radius 3 is 1.75 bits per heavy atom. The standard InChI is InChI=1S/C8H5BF6O/c10-7(11,12)9(16-8(13,14)15)6-4-2-1-3-5-6/h1-5H. The molecule has 0 aromatic heterocycles. The molecule has 8 heteroatoms. The molecule has 16 heavy (non-hydrogen) atoms. The van der Waals surface area contributed by atoms with Gasteiger partial charge in [0.25, 0.3) is 0 Å². The molecule has 0 saturated heterocycles. The van der Waals surface area contributed by atoms with Gasteiger partial charge in [-0.2, -0.15) is 13.2 Å². The maximum Gasteiger partial charge on any atom is 0.509 e. The van der Waals surface area contributed by atoms with Crippen molar-refractivity contribution in [3.05, 3.63) is 30.3 Å². The predicted octanol–water partition coefficient (Wildman–Crippen LogP) is 2.52. The summed E-state index contributed by atoms with van der Waals surface area (Å²) in [6, 6.07) is 5.64. The molecule has 0 heterocycles. The summed E-state index contributed by atoms with van der Waals surface area (Å²) < 4.78 is 75.4. The van der Waals surface area contributed by atoms with Gasteiger partial charge < -0.3 is 4.65 Å². The van der Waals surface area contributed by atoms with E-state index in [0.29, 0.717) is 0 Å². The first-order valence-corrected chi connectivity index (χ1v) is 4.06. The summed E-state index contributed by atoms with van der Waals surface area (Å²) >= 11 is 0. The number of hydrogen-bond donors (Lipinski definition) is 0. The second kappa shape index (κ2) is 4.36. The van der Waals surface area contributed by atoms with Gasteiger partial charge >= 0.3 is 19.4 Å². The van der Waals surface area contributed by atoms with Crippen LogP contribution >= 0.6 is 0 Å². The average Bonchev–Trinajstić information content (AvgIpc) is 2.13. The fraction of sp³-hybridized carbons (Fsp3) is 0.250. The molecular formula is C8H5BF6O. The van der Waals surface area contributed by atoms with Gasteiger partial charge in [0.1, 0.15) is 0 Å². The lowest BCUT2D eigenvalue weighted by Crippen LogP contribution is -2.50. The van der Waals surface area contributed by atoms with Crippen molar-refractivity contribution in [2.45, 2.75) is 12.4 Å². The highest BCUT2D eigenvalue weighted by Gasteiger charge is 2.53. The Bertz CT molecular complexity index is 333. The maximum absolute atomic E-state index is 12.3. The average molecular weight is 242 g/mol. The molecule has 0 aliphatic carbocycles. The summed E-state index contributed by atoms with van der Waals surface area (Å²) in [6.45, 7) is -2.99. The summed E-state index contributed by atoms with van der Waals surface area (Å²) in [6.07, 6.45) is -10.5. The van der Waals surface area contributed by atoms with Gasteiger partial charge in [0.15, 0.2) is 0 Å². The van der Waals surface area contributed by atoms with Crippen molar-refractivity contribution in [3.63, 3.8) is 0 Å². The molecule has 0 fully saturated rings. The SMILES string of the molecule is FC(F)(F)OB(c1ccccc1)C(F)(F)F. The molecule has 0 bridgehead atoms. The zero-order valence-corrected chi connectivity index (χ0v) is 7.64. The van der Waals surface area contributed by atoms with Gasteiger partial charge in [0, 0.05) is 0 Å². The molecule has 0 atom stereocenters. The molecular weight excluding hydrogens is 237 g/mol. The lowest BCUT2D eigenvalue weighted by Gasteiger charge is -2.18. The van der Waals surface area contributed by atoms with Crippen LogP contribution in [-0.4, -0.2) is 19.4 Å². The molecule has 0 aliphatic heterocycles. The number of hydrogen-bond acceptors (Lipinski definition) is 1. The number of benzene rings is 1. The molecule has 88 valence electrons. The van der Waals surface area contributed by atoms with Gasteiger partial charge in [0.05, 0.1) is 0 Å². The van der Waals surface area contributed by atoms with Crippen molar-refractivity contribution in [2.75, 3.05) is 0 Å². The molecule has 0 unspecified atom stereocenters. The minimum atomic E-state index is -5.34. The van der Waals surface area contributed by atoms with E-state index in [-0.39, 0.29) is 0 Å². The van der Waals surface area contributed by atoms with E-state index in [2.05, 4.69) is 4.65 Å². The first-order valence-electron chi connectivity index (χ1n) is 4.06. The fourth-order valence-corrected chi connectivity index (χ4v) is 1.09. The zero-order valence-electron chi connectivity index (χ0n) is 7.64. The Kier molecular flexibility index (Phi) is 3.52. The second-order valence-corrected chi connectivity index (χ2v) is 2.90. The quantitative estimate of drug-likeness (QED) is 0.571. The van der Waals surface area contributed by atoms with Crippen molar-refractivity contribution >= 4 is 12.4 Å². The van der Waals surface area contributed by atoms with Gasteiger partial charge in [-0.05, 0) is 5.46 Å². The predicted molar refractivity (Wildman–Crippen MR) is 45.0 cm³/mol. The van der Waals surface area contributed by atoms with Gasteiger partial charge in [0.2, 0.25) is 0 Å². The summed E-state index contributed by atoms with van der Waals surface area (Å²) in [5.74, 6) is 0. The molecule has 1 nitrogen and oxygen atoms in total. The van der Waals surface area contributed by atoms with Crippen LogP contribution in [0.25, 0.3) is 0 Å². The maximum atomic E-state index is 12.3. The van der Waals surface area contributed by atoms with Crippen LogP contribution in [0.4, 0.5) is 26.3 Å². The minimum Gasteiger partial charge on any atom is -0.337 e. The van der Waals surface area contributed by atoms with Crippen molar-refractivity contribution < 1.29 is 31.0 Å². The minimum absolute atomic E-state index is 0.590. The van der Waals surface area contributed by atoms with Crippen molar-refractivity contribution in [2.24, 2.45) is 0 Å². The molecule has 0 spiro atoms. The van der Waals surface area contributed by atoms with Crippen LogP contribution in [0.5, 0.6) is 0 Å². The lowest BCUT2D eigenvalue weighted by molar-refractivity contribution is -0.285. The number of alkyl halides is 6. The summed E-state index contributed by atoms with van der Waals surface area (Å²) in [5, 5.41) is 0. The number of rotatable bonds is 2. The van der Waals surface area contributed by atoms with Gasteiger partial charge in [-0.15, -0.1) is 13.2 Å². The first kappa shape index (κ1) is 12.9. The Balaban J connectivity index is 2.98. The number of halogens is 6. The molecule has 0 saturated carbocycles. The van der Waals surface area contributed by atoms with E-state index in [4.69, 9.17) is 0 Å². The Morgan fingerprint density at radius 2 is 1.38 bits per heavy atom. The van der Waals surface area contributed by atoms with E-state index in [1.54, 1.807) is 0 Å². The smallest absolute Gasteiger partial charge is 0.337 e. The summed E-state index contributed by atoms with van der Waals surface area (Å²) in [7, 11) is 0. The van der Waals surface area contributed by atoms with E-state index in [0.717, 1.165) is 12.1 Å². The summed E-state index contributed by atoms with van der Waals surface area (Å²) in [5.41, 5.74) is -0.590. The topological polar surface area (TPSA) is 9.23 Å². The molecule has 0 N–H and O–H groups in total. The highest BCUT2D eigenvalue weighted by atomic mass is 19.4. The fourth-order valence-electron chi connectivity index (χ4n) is 1.09. The van der Waals surface area contributed by atoms with E-state index >= 15 is 0 Å². The molecule has 1 aromatic rings. The zero-order chi connectivity index (χ0) is 12.4. The second-order valence-electron chi connectivity index (χ2n) is 2.90. The van der Waals surface area contributed by atoms with Crippen molar-refractivity contribution in [1.29, 1.82) is 0 Å². The molecule has 0 aliphatic rings. The van der Waals surface area contributed by atoms with E-state index in [1.165, 1.54) is 18.2 Å². The Labute approximate surface area is 87.1 Å². The first-order chi connectivity index (χ1) is 7.20. The normalized spacial score (nSPS) is 12.6. The summed E-state index contributed by atoms with van der Waals surface area (Å²) in [4.78, 5) is 0. The van der Waals surface area contributed by atoms with Crippen LogP contribution < -0.4 is 5.46 Å². The van der Waals surface area contributed by atoms with Crippen LogP contribution in [0.2, 0.25) is 0 Å². The van der Waals surface area contributed by atoms with Crippen LogP contribution in [-0.2, 0) is 4.65 Å². The van der Waals surface area contributed by atoms with Gasteiger partial charge in [-0.25, -0.2) is 0 Å². The van der Waals surface area contributed by atoms with Crippen LogP contribution in [0.1, 0.15) is 0 Å². The van der Waals surface area contributed by atoms with Crippen molar-refractivity contribution in [1.82, 2.24) is 0 Å². The van der Waals surface area contributed by atoms with Gasteiger partial charge in [-0.1, -0.05) is 30.3 Å². The lowest BCUT2D eigenvalue weighted by atomic mass is 9.60. The Hall–Kier alpha value is -1.18. The third kappa shape index (κ3) is 3.76. The van der Waals surface area contributed by atoms with E-state index < -0.39 is 24.8 Å².